The van der Waals surface area contributed by atoms with Crippen LogP contribution in [0, 0.1) is 6.92 Å². The number of rotatable bonds is 2. The van der Waals surface area contributed by atoms with Gasteiger partial charge in [-0.1, -0.05) is 47.5 Å². The lowest BCUT2D eigenvalue weighted by molar-refractivity contribution is 0.223. The predicted molar refractivity (Wildman–Crippen MR) is 119 cm³/mol. The Morgan fingerprint density at radius 2 is 2.00 bits per heavy atom. The van der Waals surface area contributed by atoms with Gasteiger partial charge in [-0.2, -0.15) is 10.1 Å². The Morgan fingerprint density at radius 3 is 2.80 bits per heavy atom. The number of nitrogens with zero attached hydrogens (tertiary/aromatic N) is 3. The van der Waals surface area contributed by atoms with E-state index in [1.165, 1.54) is 10.4 Å². The maximum Gasteiger partial charge on any atom is 0.226 e. The van der Waals surface area contributed by atoms with Crippen LogP contribution in [-0.2, 0) is 0 Å². The highest BCUT2D eigenvalue weighted by Gasteiger charge is 2.41. The SMILES string of the molecule is Cc1ccc([C@H]2Oc3ccc(Cl)cc3C3=C2[C@H](c2cccs2)n2ncnc2N3)cc1. The van der Waals surface area contributed by atoms with Gasteiger partial charge < -0.3 is 10.1 Å². The van der Waals surface area contributed by atoms with Gasteiger partial charge in [0.15, 0.2) is 0 Å². The van der Waals surface area contributed by atoms with Crippen LogP contribution in [0.4, 0.5) is 5.95 Å². The zero-order valence-corrected chi connectivity index (χ0v) is 17.6. The molecule has 6 rings (SSSR count). The minimum absolute atomic E-state index is 0.114. The fraction of sp³-hybridized carbons (Fsp3) is 0.130. The zero-order chi connectivity index (χ0) is 20.2. The molecule has 2 aliphatic heterocycles. The molecule has 0 bridgehead atoms. The van der Waals surface area contributed by atoms with Crippen molar-refractivity contribution >= 4 is 34.6 Å². The molecule has 0 aliphatic carbocycles. The lowest BCUT2D eigenvalue weighted by atomic mass is 9.87. The predicted octanol–water partition coefficient (Wildman–Crippen LogP) is 5.86. The summed E-state index contributed by atoms with van der Waals surface area (Å²) in [5.41, 5.74) is 5.35. The number of aryl methyl sites for hydroxylation is 1. The molecule has 7 heteroatoms. The number of ether oxygens (including phenoxy) is 1. The summed E-state index contributed by atoms with van der Waals surface area (Å²) in [7, 11) is 0. The highest BCUT2D eigenvalue weighted by atomic mass is 35.5. The molecule has 2 aromatic carbocycles. The Kier molecular flexibility index (Phi) is 3.97. The highest BCUT2D eigenvalue weighted by Crippen LogP contribution is 2.51. The summed E-state index contributed by atoms with van der Waals surface area (Å²) in [6.45, 7) is 2.09. The Bertz CT molecular complexity index is 1280. The van der Waals surface area contributed by atoms with E-state index in [1.807, 2.05) is 22.9 Å². The molecular weight excluding hydrogens is 416 g/mol. The maximum absolute atomic E-state index is 6.59. The van der Waals surface area contributed by atoms with Crippen LogP contribution in [0.25, 0.3) is 5.70 Å². The molecule has 0 spiro atoms. The van der Waals surface area contributed by atoms with Crippen molar-refractivity contribution in [1.29, 1.82) is 0 Å². The van der Waals surface area contributed by atoms with Gasteiger partial charge in [-0.25, -0.2) is 4.68 Å². The van der Waals surface area contributed by atoms with Crippen molar-refractivity contribution < 1.29 is 4.74 Å². The number of hydrogen-bond acceptors (Lipinski definition) is 5. The van der Waals surface area contributed by atoms with E-state index in [9.17, 15) is 0 Å². The smallest absolute Gasteiger partial charge is 0.226 e. The van der Waals surface area contributed by atoms with Gasteiger partial charge >= 0.3 is 0 Å². The maximum atomic E-state index is 6.59. The summed E-state index contributed by atoms with van der Waals surface area (Å²) in [4.78, 5) is 5.63. The van der Waals surface area contributed by atoms with Crippen LogP contribution < -0.4 is 10.1 Å². The Labute approximate surface area is 182 Å². The van der Waals surface area contributed by atoms with Crippen molar-refractivity contribution in [1.82, 2.24) is 14.8 Å². The summed E-state index contributed by atoms with van der Waals surface area (Å²) in [6.07, 6.45) is 1.33. The third-order valence-corrected chi connectivity index (χ3v) is 6.73. The van der Waals surface area contributed by atoms with Crippen molar-refractivity contribution in [3.8, 4) is 5.75 Å². The van der Waals surface area contributed by atoms with E-state index in [0.717, 1.165) is 28.1 Å². The van der Waals surface area contributed by atoms with Crippen molar-refractivity contribution in [2.24, 2.45) is 0 Å². The third kappa shape index (κ3) is 2.68. The first-order valence-electron chi connectivity index (χ1n) is 9.66. The van der Waals surface area contributed by atoms with Gasteiger partial charge in [0.25, 0.3) is 0 Å². The Balaban J connectivity index is 1.63. The van der Waals surface area contributed by atoms with Gasteiger partial charge in [-0.3, -0.25) is 0 Å². The van der Waals surface area contributed by atoms with Crippen LogP contribution >= 0.6 is 22.9 Å². The second kappa shape index (κ2) is 6.72. The molecule has 2 atom stereocenters. The van der Waals surface area contributed by atoms with E-state index in [2.05, 4.69) is 64.1 Å². The molecule has 30 heavy (non-hydrogen) atoms. The van der Waals surface area contributed by atoms with E-state index in [1.54, 1.807) is 17.7 Å². The Hall–Kier alpha value is -3.09. The molecule has 2 aliphatic rings. The molecule has 1 N–H and O–H groups in total. The van der Waals surface area contributed by atoms with Gasteiger partial charge in [0, 0.05) is 21.0 Å². The molecule has 5 nitrogen and oxygen atoms in total. The van der Waals surface area contributed by atoms with Crippen molar-refractivity contribution in [3.05, 3.63) is 98.5 Å². The van der Waals surface area contributed by atoms with E-state index in [0.29, 0.717) is 11.0 Å². The second-order valence-electron chi connectivity index (χ2n) is 7.45. The topological polar surface area (TPSA) is 52.0 Å². The number of hydrogen-bond donors (Lipinski definition) is 1. The van der Waals surface area contributed by atoms with E-state index < -0.39 is 0 Å². The van der Waals surface area contributed by atoms with Gasteiger partial charge in [-0.05, 0) is 42.1 Å². The van der Waals surface area contributed by atoms with Crippen LogP contribution in [0.5, 0.6) is 5.75 Å². The van der Waals surface area contributed by atoms with Crippen LogP contribution in [0.3, 0.4) is 0 Å². The molecular formula is C23H17ClN4OS. The molecule has 0 saturated heterocycles. The summed E-state index contributed by atoms with van der Waals surface area (Å²) in [6, 6.07) is 18.3. The fourth-order valence-corrected chi connectivity index (χ4v) is 5.18. The van der Waals surface area contributed by atoms with E-state index in [-0.39, 0.29) is 12.1 Å². The molecule has 2 aromatic heterocycles. The molecule has 0 fully saturated rings. The first-order chi connectivity index (χ1) is 14.7. The average molecular weight is 433 g/mol. The molecule has 0 amide bonds. The van der Waals surface area contributed by atoms with Crippen LogP contribution in [-0.4, -0.2) is 14.8 Å². The Morgan fingerprint density at radius 1 is 1.13 bits per heavy atom. The number of anilines is 1. The fourth-order valence-electron chi connectivity index (χ4n) is 4.18. The van der Waals surface area contributed by atoms with Crippen molar-refractivity contribution in [3.63, 3.8) is 0 Å². The molecule has 4 heterocycles. The van der Waals surface area contributed by atoms with Crippen LogP contribution in [0.1, 0.15) is 33.7 Å². The first kappa shape index (κ1) is 17.7. The monoisotopic (exact) mass is 432 g/mol. The molecule has 0 unspecified atom stereocenters. The van der Waals surface area contributed by atoms with E-state index in [4.69, 9.17) is 16.3 Å². The molecule has 148 valence electrons. The van der Waals surface area contributed by atoms with Gasteiger partial charge in [-0.15, -0.1) is 11.3 Å². The zero-order valence-electron chi connectivity index (χ0n) is 16.0. The second-order valence-corrected chi connectivity index (χ2v) is 8.87. The highest BCUT2D eigenvalue weighted by molar-refractivity contribution is 7.10. The minimum Gasteiger partial charge on any atom is -0.480 e. The number of nitrogens with one attached hydrogen (secondary N) is 1. The van der Waals surface area contributed by atoms with Crippen LogP contribution in [0.2, 0.25) is 5.02 Å². The number of aromatic nitrogens is 3. The number of halogens is 1. The lowest BCUT2D eigenvalue weighted by Gasteiger charge is -2.38. The van der Waals surface area contributed by atoms with Crippen molar-refractivity contribution in [2.75, 3.05) is 5.32 Å². The molecule has 0 saturated carbocycles. The number of fused-ring (bicyclic) bond motifs is 3. The van der Waals surface area contributed by atoms with Gasteiger partial charge in [0.2, 0.25) is 5.95 Å². The third-order valence-electron chi connectivity index (χ3n) is 5.57. The molecule has 0 radical (unpaired) electrons. The van der Waals surface area contributed by atoms with Gasteiger partial charge in [0.05, 0.1) is 5.70 Å². The van der Waals surface area contributed by atoms with Crippen molar-refractivity contribution in [2.45, 2.75) is 19.1 Å². The quantitative estimate of drug-likeness (QED) is 0.431. The normalized spacial score (nSPS) is 19.4. The number of thiophene rings is 1. The summed E-state index contributed by atoms with van der Waals surface area (Å²) in [5, 5.41) is 10.8. The standard InChI is InChI=1S/C23H17ClN4OS/c1-13-4-6-14(7-5-13)22-19-20(16-11-15(24)8-9-17(16)29-22)27-23-25-12-26-28(23)21(19)18-3-2-10-30-18/h2-12,21-22H,1H3,(H,25,26,27)/t21-,22+/m0/s1. The summed E-state index contributed by atoms with van der Waals surface area (Å²) in [5.74, 6) is 1.51. The van der Waals surface area contributed by atoms with Gasteiger partial charge in [0.1, 0.15) is 24.2 Å². The van der Waals surface area contributed by atoms with Crippen LogP contribution in [0.15, 0.2) is 71.9 Å². The number of benzene rings is 2. The lowest BCUT2D eigenvalue weighted by Crippen LogP contribution is -2.32. The first-order valence-corrected chi connectivity index (χ1v) is 10.9. The van der Waals surface area contributed by atoms with E-state index >= 15 is 0 Å². The summed E-state index contributed by atoms with van der Waals surface area (Å²) >= 11 is 8.06. The average Bonchev–Trinajstić information content (AvgIpc) is 3.44. The molecule has 4 aromatic rings. The summed E-state index contributed by atoms with van der Waals surface area (Å²) < 4.78 is 8.52. The largest absolute Gasteiger partial charge is 0.480 e. The minimum atomic E-state index is -0.258.